The Kier molecular flexibility index (Phi) is 2.09. The van der Waals surface area contributed by atoms with E-state index in [1.54, 1.807) is 18.2 Å². The number of anilines is 1. The Hall–Kier alpha value is -2.76. The molecule has 3 rings (SSSR count). The smallest absolute Gasteiger partial charge is 0.319 e. The molecule has 0 radical (unpaired) electrons. The molecule has 0 aliphatic carbocycles. The van der Waals surface area contributed by atoms with E-state index in [4.69, 9.17) is 5.73 Å². The molecule has 1 heterocycles. The molecule has 0 amide bonds. The number of nitro benzene ring substituents is 1. The van der Waals surface area contributed by atoms with Crippen molar-refractivity contribution in [3.63, 3.8) is 0 Å². The Morgan fingerprint density at radius 2 is 1.67 bits per heavy atom. The summed E-state index contributed by atoms with van der Waals surface area (Å²) in [7, 11) is 0. The Balaban J connectivity index is 2.50. The molecule has 0 saturated heterocycles. The van der Waals surface area contributed by atoms with Crippen molar-refractivity contribution in [1.29, 1.82) is 0 Å². The Morgan fingerprint density at radius 1 is 1.00 bits per heavy atom. The van der Waals surface area contributed by atoms with Crippen LogP contribution in [0.15, 0.2) is 36.4 Å². The minimum absolute atomic E-state index is 0.0945. The predicted octanol–water partition coefficient (Wildman–Crippen LogP) is 2.27. The first-order valence-electron chi connectivity index (χ1n) is 5.26. The number of aromatic nitrogens is 2. The minimum atomic E-state index is -0.527. The number of nitrogens with two attached hydrogens (primary N) is 1. The van der Waals surface area contributed by atoms with Gasteiger partial charge in [-0.25, -0.2) is 9.97 Å². The van der Waals surface area contributed by atoms with Crippen molar-refractivity contribution in [1.82, 2.24) is 9.97 Å². The third kappa shape index (κ3) is 1.43. The SMILES string of the molecule is Nc1ccc2nc3ccccc3nc2c1[N+](=O)[O-]. The highest BCUT2D eigenvalue weighted by atomic mass is 16.6. The van der Waals surface area contributed by atoms with Gasteiger partial charge in [-0.2, -0.15) is 0 Å². The molecule has 2 N–H and O–H groups in total. The third-order valence-corrected chi connectivity index (χ3v) is 2.70. The Morgan fingerprint density at radius 3 is 2.33 bits per heavy atom. The van der Waals surface area contributed by atoms with Gasteiger partial charge in [-0.05, 0) is 24.3 Å². The fourth-order valence-corrected chi connectivity index (χ4v) is 1.88. The molecule has 0 spiro atoms. The molecule has 0 aliphatic heterocycles. The van der Waals surface area contributed by atoms with Crippen LogP contribution in [0.2, 0.25) is 0 Å². The van der Waals surface area contributed by atoms with Crippen molar-refractivity contribution in [2.45, 2.75) is 0 Å². The van der Waals surface area contributed by atoms with Gasteiger partial charge in [0.05, 0.1) is 21.5 Å². The monoisotopic (exact) mass is 240 g/mol. The summed E-state index contributed by atoms with van der Waals surface area (Å²) in [5, 5.41) is 11.0. The van der Waals surface area contributed by atoms with E-state index < -0.39 is 4.92 Å². The van der Waals surface area contributed by atoms with Crippen LogP contribution in [0.5, 0.6) is 0 Å². The normalized spacial score (nSPS) is 10.9. The molecule has 0 bridgehead atoms. The first kappa shape index (κ1) is 10.4. The van der Waals surface area contributed by atoms with Gasteiger partial charge in [0.25, 0.3) is 0 Å². The summed E-state index contributed by atoms with van der Waals surface area (Å²) in [4.78, 5) is 19.1. The van der Waals surface area contributed by atoms with E-state index >= 15 is 0 Å². The van der Waals surface area contributed by atoms with Crippen LogP contribution in [0.3, 0.4) is 0 Å². The second-order valence-corrected chi connectivity index (χ2v) is 3.84. The molecule has 0 saturated carbocycles. The molecule has 3 aromatic rings. The average Bonchev–Trinajstić information content (AvgIpc) is 2.36. The van der Waals surface area contributed by atoms with E-state index in [2.05, 4.69) is 9.97 Å². The quantitative estimate of drug-likeness (QED) is 0.304. The van der Waals surface area contributed by atoms with E-state index in [1.165, 1.54) is 6.07 Å². The zero-order valence-corrected chi connectivity index (χ0v) is 9.20. The molecule has 6 nitrogen and oxygen atoms in total. The van der Waals surface area contributed by atoms with Crippen molar-refractivity contribution in [3.05, 3.63) is 46.5 Å². The molecule has 0 atom stereocenters. The van der Waals surface area contributed by atoms with Gasteiger partial charge in [0.15, 0.2) is 5.52 Å². The van der Waals surface area contributed by atoms with Crippen LogP contribution < -0.4 is 5.73 Å². The lowest BCUT2D eigenvalue weighted by Crippen LogP contribution is -1.99. The van der Waals surface area contributed by atoms with E-state index in [0.29, 0.717) is 16.6 Å². The number of rotatable bonds is 1. The van der Waals surface area contributed by atoms with Gasteiger partial charge in [0.2, 0.25) is 0 Å². The number of nitrogen functional groups attached to an aromatic ring is 1. The predicted molar refractivity (Wildman–Crippen MR) is 68.1 cm³/mol. The fourth-order valence-electron chi connectivity index (χ4n) is 1.88. The Bertz CT molecular complexity index is 785. The topological polar surface area (TPSA) is 94.9 Å². The van der Waals surface area contributed by atoms with Crippen molar-refractivity contribution < 1.29 is 4.92 Å². The number of hydrogen-bond acceptors (Lipinski definition) is 5. The number of nitrogens with zero attached hydrogens (tertiary/aromatic N) is 3. The molecule has 88 valence electrons. The van der Waals surface area contributed by atoms with Gasteiger partial charge in [0, 0.05) is 0 Å². The van der Waals surface area contributed by atoms with Gasteiger partial charge in [-0.1, -0.05) is 12.1 Å². The molecule has 6 heteroatoms. The summed E-state index contributed by atoms with van der Waals surface area (Å²) in [5.41, 5.74) is 7.52. The lowest BCUT2D eigenvalue weighted by atomic mass is 10.2. The van der Waals surface area contributed by atoms with Crippen molar-refractivity contribution in [2.75, 3.05) is 5.73 Å². The van der Waals surface area contributed by atoms with Crippen molar-refractivity contribution in [3.8, 4) is 0 Å². The summed E-state index contributed by atoms with van der Waals surface area (Å²) in [6, 6.07) is 10.3. The van der Waals surface area contributed by atoms with E-state index in [-0.39, 0.29) is 16.9 Å². The van der Waals surface area contributed by atoms with Gasteiger partial charge in [-0.15, -0.1) is 0 Å². The van der Waals surface area contributed by atoms with Crippen LogP contribution in [-0.2, 0) is 0 Å². The maximum Gasteiger partial charge on any atom is 0.319 e. The standard InChI is InChI=1S/C12H8N4O2/c13-7-5-6-10-11(12(7)16(17)18)15-9-4-2-1-3-8(9)14-10/h1-6H,13H2. The highest BCUT2D eigenvalue weighted by Crippen LogP contribution is 2.30. The molecule has 2 aromatic carbocycles. The summed E-state index contributed by atoms with van der Waals surface area (Å²) in [5.74, 6) is 0. The summed E-state index contributed by atoms with van der Waals surface area (Å²) in [6.07, 6.45) is 0. The van der Waals surface area contributed by atoms with E-state index in [0.717, 1.165) is 0 Å². The van der Waals surface area contributed by atoms with E-state index in [1.807, 2.05) is 12.1 Å². The lowest BCUT2D eigenvalue weighted by Gasteiger charge is -2.03. The fraction of sp³-hybridized carbons (Fsp3) is 0. The average molecular weight is 240 g/mol. The van der Waals surface area contributed by atoms with Gasteiger partial charge < -0.3 is 5.73 Å². The number of benzene rings is 2. The first-order chi connectivity index (χ1) is 8.66. The maximum atomic E-state index is 11.0. The zero-order valence-electron chi connectivity index (χ0n) is 9.20. The van der Waals surface area contributed by atoms with Crippen LogP contribution in [-0.4, -0.2) is 14.9 Å². The van der Waals surface area contributed by atoms with Crippen LogP contribution in [0.1, 0.15) is 0 Å². The molecule has 0 fully saturated rings. The van der Waals surface area contributed by atoms with Crippen LogP contribution in [0.4, 0.5) is 11.4 Å². The number of para-hydroxylation sites is 2. The minimum Gasteiger partial charge on any atom is -0.393 e. The van der Waals surface area contributed by atoms with Gasteiger partial charge >= 0.3 is 5.69 Å². The van der Waals surface area contributed by atoms with Crippen molar-refractivity contribution >= 4 is 33.4 Å². The molecule has 0 unspecified atom stereocenters. The second-order valence-electron chi connectivity index (χ2n) is 3.84. The molecule has 0 aliphatic rings. The summed E-state index contributed by atoms with van der Waals surface area (Å²) >= 11 is 0. The first-order valence-corrected chi connectivity index (χ1v) is 5.26. The largest absolute Gasteiger partial charge is 0.393 e. The molecular formula is C12H8N4O2. The maximum absolute atomic E-state index is 11.0. The summed E-state index contributed by atoms with van der Waals surface area (Å²) < 4.78 is 0. The molecular weight excluding hydrogens is 232 g/mol. The van der Waals surface area contributed by atoms with E-state index in [9.17, 15) is 10.1 Å². The van der Waals surface area contributed by atoms with Gasteiger partial charge in [0.1, 0.15) is 5.69 Å². The van der Waals surface area contributed by atoms with Crippen LogP contribution >= 0.6 is 0 Å². The van der Waals surface area contributed by atoms with Gasteiger partial charge in [-0.3, -0.25) is 10.1 Å². The number of fused-ring (bicyclic) bond motifs is 2. The lowest BCUT2D eigenvalue weighted by molar-refractivity contribution is -0.382. The van der Waals surface area contributed by atoms with Crippen LogP contribution in [0, 0.1) is 10.1 Å². The van der Waals surface area contributed by atoms with Crippen LogP contribution in [0.25, 0.3) is 22.1 Å². The third-order valence-electron chi connectivity index (χ3n) is 2.70. The molecule has 1 aromatic heterocycles. The number of nitro groups is 1. The number of hydrogen-bond donors (Lipinski definition) is 1. The van der Waals surface area contributed by atoms with Crippen molar-refractivity contribution in [2.24, 2.45) is 0 Å². The summed E-state index contributed by atoms with van der Waals surface area (Å²) in [6.45, 7) is 0. The second kappa shape index (κ2) is 3.63. The highest BCUT2D eigenvalue weighted by molar-refractivity contribution is 5.95. The molecule has 18 heavy (non-hydrogen) atoms. The highest BCUT2D eigenvalue weighted by Gasteiger charge is 2.19. The Labute approximate surface area is 101 Å². The zero-order chi connectivity index (χ0) is 12.7.